The number of carbonyl (C=O) groups excluding carboxylic acids is 2. The van der Waals surface area contributed by atoms with E-state index in [1.54, 1.807) is 32.9 Å². The molecule has 0 saturated carbocycles. The first-order valence-electron chi connectivity index (χ1n) is 20.5. The van der Waals surface area contributed by atoms with Gasteiger partial charge in [0.2, 0.25) is 6.41 Å². The van der Waals surface area contributed by atoms with E-state index in [9.17, 15) is 23.9 Å². The molecular formula is C47H57FN2O9. The third kappa shape index (κ3) is 12.9. The topological polar surface area (TPSA) is 133 Å². The van der Waals surface area contributed by atoms with Crippen molar-refractivity contribution in [2.45, 2.75) is 98.0 Å². The van der Waals surface area contributed by atoms with Gasteiger partial charge in [-0.25, -0.2) is 9.18 Å². The predicted molar refractivity (Wildman–Crippen MR) is 224 cm³/mol. The zero-order valence-corrected chi connectivity index (χ0v) is 34.8. The summed E-state index contributed by atoms with van der Waals surface area (Å²) < 4.78 is 44.6. The van der Waals surface area contributed by atoms with E-state index in [4.69, 9.17) is 23.7 Å². The molecule has 2 unspecified atom stereocenters. The number of nitrogens with one attached hydrogen (secondary N) is 1. The second kappa shape index (κ2) is 21.3. The minimum absolute atomic E-state index is 0.0765. The Hall–Kier alpha value is -5.78. The highest BCUT2D eigenvalue weighted by Gasteiger charge is 2.31. The summed E-state index contributed by atoms with van der Waals surface area (Å²) in [5, 5.41) is 12.5. The monoisotopic (exact) mass is 812 g/mol. The van der Waals surface area contributed by atoms with Gasteiger partial charge in [-0.3, -0.25) is 9.59 Å². The second-order valence-electron chi connectivity index (χ2n) is 15.6. The first kappa shape index (κ1) is 44.3. The fourth-order valence-corrected chi connectivity index (χ4v) is 6.92. The molecule has 0 spiro atoms. The number of fused-ring (bicyclic) bond motifs is 1. The van der Waals surface area contributed by atoms with Crippen LogP contribution in [0.4, 0.5) is 9.18 Å². The van der Waals surface area contributed by atoms with Gasteiger partial charge < -0.3 is 39.0 Å². The molecule has 4 aromatic carbocycles. The van der Waals surface area contributed by atoms with Crippen LogP contribution in [0.25, 0.3) is 11.1 Å². The average Bonchev–Trinajstić information content (AvgIpc) is 3.21. The molecule has 2 N–H and O–H groups in total. The van der Waals surface area contributed by atoms with Crippen molar-refractivity contribution < 1.29 is 47.6 Å². The molecule has 4 aromatic rings. The third-order valence-corrected chi connectivity index (χ3v) is 9.90. The highest BCUT2D eigenvalue weighted by molar-refractivity contribution is 5.73. The van der Waals surface area contributed by atoms with E-state index in [-0.39, 0.29) is 25.3 Å². The number of amides is 2. The number of carboxylic acid groups (broad SMARTS) is 1. The molecule has 1 aliphatic heterocycles. The van der Waals surface area contributed by atoms with Crippen LogP contribution in [0.5, 0.6) is 23.0 Å². The van der Waals surface area contributed by atoms with Crippen LogP contribution < -0.4 is 24.3 Å². The Labute approximate surface area is 346 Å². The molecule has 1 heterocycles. The molecule has 316 valence electrons. The first-order valence-corrected chi connectivity index (χ1v) is 20.5. The largest absolute Gasteiger partial charge is 0.493 e. The Balaban J connectivity index is 1.22. The van der Waals surface area contributed by atoms with E-state index in [1.807, 2.05) is 54.6 Å². The van der Waals surface area contributed by atoms with Crippen LogP contribution in [0.2, 0.25) is 0 Å². The number of carbonyl (C=O) groups is 3. The van der Waals surface area contributed by atoms with Crippen LogP contribution in [0.3, 0.4) is 0 Å². The van der Waals surface area contributed by atoms with E-state index >= 15 is 0 Å². The van der Waals surface area contributed by atoms with Gasteiger partial charge in [0.1, 0.15) is 41.0 Å². The third-order valence-electron chi connectivity index (χ3n) is 9.90. The Kier molecular flexibility index (Phi) is 16.0. The van der Waals surface area contributed by atoms with Crippen molar-refractivity contribution in [3.8, 4) is 34.1 Å². The molecule has 0 saturated heterocycles. The number of hydrogen-bond acceptors (Lipinski definition) is 8. The van der Waals surface area contributed by atoms with Crippen molar-refractivity contribution in [3.05, 3.63) is 107 Å². The zero-order chi connectivity index (χ0) is 42.4. The summed E-state index contributed by atoms with van der Waals surface area (Å²) >= 11 is 0. The van der Waals surface area contributed by atoms with Crippen LogP contribution in [0.1, 0.15) is 82.6 Å². The lowest BCUT2D eigenvalue weighted by atomic mass is 9.97. The number of aryl methyl sites for hydroxylation is 2. The average molecular weight is 813 g/mol. The molecular weight excluding hydrogens is 756 g/mol. The van der Waals surface area contributed by atoms with Crippen molar-refractivity contribution in [2.75, 3.05) is 26.3 Å². The number of benzene rings is 4. The number of halogens is 1. The van der Waals surface area contributed by atoms with E-state index in [0.717, 1.165) is 46.2 Å². The molecule has 0 aromatic heterocycles. The number of nitrogens with zero attached hydrogens (tertiary/aromatic N) is 1. The maximum atomic E-state index is 13.8. The molecule has 0 aliphatic carbocycles. The van der Waals surface area contributed by atoms with Gasteiger partial charge in [0.05, 0.1) is 19.1 Å². The smallest absolute Gasteiger partial charge is 0.407 e. The van der Waals surface area contributed by atoms with E-state index < -0.39 is 29.8 Å². The Morgan fingerprint density at radius 3 is 2.36 bits per heavy atom. The van der Waals surface area contributed by atoms with Crippen LogP contribution in [0.15, 0.2) is 78.9 Å². The molecule has 2 atom stereocenters. The molecule has 5 rings (SSSR count). The van der Waals surface area contributed by atoms with Crippen molar-refractivity contribution in [1.82, 2.24) is 10.2 Å². The lowest BCUT2D eigenvalue weighted by molar-refractivity contribution is -0.144. The van der Waals surface area contributed by atoms with Gasteiger partial charge in [-0.05, 0) is 93.0 Å². The summed E-state index contributed by atoms with van der Waals surface area (Å²) in [7, 11) is 0. The second-order valence-corrected chi connectivity index (χ2v) is 15.6. The van der Waals surface area contributed by atoms with E-state index in [1.165, 1.54) is 17.0 Å². The molecule has 1 aliphatic rings. The highest BCUT2D eigenvalue weighted by atomic mass is 19.1. The lowest BCUT2D eigenvalue weighted by Gasteiger charge is -2.35. The number of ether oxygens (including phenoxy) is 5. The summed E-state index contributed by atoms with van der Waals surface area (Å²) in [4.78, 5) is 38.0. The van der Waals surface area contributed by atoms with Crippen LogP contribution in [-0.2, 0) is 40.2 Å². The normalized spacial score (nSPS) is 14.0. The molecule has 12 heteroatoms. The summed E-state index contributed by atoms with van der Waals surface area (Å²) in [5.41, 5.74) is 4.96. The number of hydrogen-bond donors (Lipinski definition) is 2. The van der Waals surface area contributed by atoms with Gasteiger partial charge in [-0.15, -0.1) is 0 Å². The molecule has 59 heavy (non-hydrogen) atoms. The zero-order valence-electron chi connectivity index (χ0n) is 34.8. The summed E-state index contributed by atoms with van der Waals surface area (Å²) in [5.74, 6) is 0.404. The SMILES string of the molecule is CCCc1c(OCCCOc2cc(OCc3ccccc3)c(-c3ccc(F)cc3)cc2CC)ccc2c1OC(N(C=O)CC(CCNC(=O)OC(C)(C)C)C(=O)O)CC2. The van der Waals surface area contributed by atoms with Crippen molar-refractivity contribution in [1.29, 1.82) is 0 Å². The molecule has 0 bridgehead atoms. The Morgan fingerprint density at radius 1 is 0.966 bits per heavy atom. The number of rotatable bonds is 21. The lowest BCUT2D eigenvalue weighted by Crippen LogP contribution is -2.45. The maximum absolute atomic E-state index is 13.8. The van der Waals surface area contributed by atoms with Gasteiger partial charge in [0.25, 0.3) is 0 Å². The van der Waals surface area contributed by atoms with Crippen molar-refractivity contribution >= 4 is 18.5 Å². The Morgan fingerprint density at radius 2 is 1.69 bits per heavy atom. The quantitative estimate of drug-likeness (QED) is 0.0625. The van der Waals surface area contributed by atoms with Gasteiger partial charge in [-0.1, -0.05) is 68.8 Å². The molecule has 0 fully saturated rings. The van der Waals surface area contributed by atoms with Crippen LogP contribution >= 0.6 is 0 Å². The van der Waals surface area contributed by atoms with E-state index in [0.29, 0.717) is 74.9 Å². The predicted octanol–water partition coefficient (Wildman–Crippen LogP) is 9.16. The molecule has 2 amide bonds. The highest BCUT2D eigenvalue weighted by Crippen LogP contribution is 2.40. The molecule has 0 radical (unpaired) electrons. The van der Waals surface area contributed by atoms with Crippen LogP contribution in [-0.4, -0.2) is 66.6 Å². The number of carboxylic acids is 1. The fraction of sp³-hybridized carbons (Fsp3) is 0.426. The first-order chi connectivity index (χ1) is 28.4. The number of alkyl carbamates (subject to hydrolysis) is 1. The van der Waals surface area contributed by atoms with Gasteiger partial charge in [-0.2, -0.15) is 0 Å². The summed E-state index contributed by atoms with van der Waals surface area (Å²) in [6.07, 6.45) is 3.41. The standard InChI is InChI=1S/C47H57FN2O9/c1-6-12-38-40(21-17-35-18-22-43(58-44(35)38)50(31-51)29-36(45(52)53)23-24-49-46(54)59-47(3,4)5)55-25-11-26-56-41-28-42(57-30-32-13-9-8-10-14-32)39(27-33(41)7-2)34-15-19-37(48)20-16-34/h8-10,13-17,19-21,27-28,31,36,43H,6-7,11-12,18,22-26,29-30H2,1-5H3,(H,49,54)(H,52,53). The molecule has 11 nitrogen and oxygen atoms in total. The van der Waals surface area contributed by atoms with Crippen molar-refractivity contribution in [2.24, 2.45) is 5.92 Å². The van der Waals surface area contributed by atoms with Crippen molar-refractivity contribution in [3.63, 3.8) is 0 Å². The van der Waals surface area contributed by atoms with Gasteiger partial charge in [0.15, 0.2) is 6.23 Å². The van der Waals surface area contributed by atoms with Gasteiger partial charge in [0, 0.05) is 43.1 Å². The van der Waals surface area contributed by atoms with Crippen LogP contribution in [0, 0.1) is 11.7 Å². The summed E-state index contributed by atoms with van der Waals surface area (Å²) in [6, 6.07) is 24.2. The summed E-state index contributed by atoms with van der Waals surface area (Å²) in [6.45, 7) is 10.5. The van der Waals surface area contributed by atoms with E-state index in [2.05, 4.69) is 19.2 Å². The maximum Gasteiger partial charge on any atom is 0.407 e. The fourth-order valence-electron chi connectivity index (χ4n) is 6.92. The Bertz CT molecular complexity index is 2000. The van der Waals surface area contributed by atoms with Gasteiger partial charge >= 0.3 is 12.1 Å². The minimum Gasteiger partial charge on any atom is -0.493 e. The number of aliphatic carboxylic acids is 1. The minimum atomic E-state index is -1.07.